The van der Waals surface area contributed by atoms with Crippen LogP contribution in [0.4, 0.5) is 0 Å². The number of amidine groups is 2. The van der Waals surface area contributed by atoms with Gasteiger partial charge in [-0.25, -0.2) is 0 Å². The summed E-state index contributed by atoms with van der Waals surface area (Å²) >= 11 is 0. The summed E-state index contributed by atoms with van der Waals surface area (Å²) in [6, 6.07) is 73.8. The SMILES string of the molecule is c1ccc(-c2cc(-c3ccccc3)cc(-c3cccc4oc5cc(C6=NC(c7ccc8c(c7)oc7ccccc78)=NC(c7cccc(-c8ccccc8)c7)[N-]6)ccc5c34)c2)cc1. The highest BCUT2D eigenvalue weighted by Crippen LogP contribution is 2.41. The summed E-state index contributed by atoms with van der Waals surface area (Å²) in [6.45, 7) is 0. The summed E-state index contributed by atoms with van der Waals surface area (Å²) in [7, 11) is 0. The van der Waals surface area contributed by atoms with Crippen LogP contribution in [0.15, 0.2) is 231 Å². The molecule has 2 aromatic heterocycles. The van der Waals surface area contributed by atoms with Gasteiger partial charge < -0.3 is 19.1 Å². The predicted octanol–water partition coefficient (Wildman–Crippen LogP) is 15.4. The van der Waals surface area contributed by atoms with Crippen LogP contribution >= 0.6 is 0 Å². The highest BCUT2D eigenvalue weighted by Gasteiger charge is 2.19. The van der Waals surface area contributed by atoms with Crippen molar-refractivity contribution in [3.63, 3.8) is 0 Å². The van der Waals surface area contributed by atoms with Crippen molar-refractivity contribution in [1.29, 1.82) is 0 Å². The molecule has 62 heavy (non-hydrogen) atoms. The Morgan fingerprint density at radius 3 is 1.66 bits per heavy atom. The smallest absolute Gasteiger partial charge is 0.136 e. The molecule has 0 bridgehead atoms. The summed E-state index contributed by atoms with van der Waals surface area (Å²) in [4.78, 5) is 10.3. The lowest BCUT2D eigenvalue weighted by Gasteiger charge is -2.32. The van der Waals surface area contributed by atoms with E-state index in [-0.39, 0.29) is 0 Å². The lowest BCUT2D eigenvalue weighted by Crippen LogP contribution is -2.16. The lowest BCUT2D eigenvalue weighted by atomic mass is 9.91. The number of furan rings is 2. The van der Waals surface area contributed by atoms with E-state index in [1.807, 2.05) is 30.3 Å². The van der Waals surface area contributed by atoms with Crippen LogP contribution < -0.4 is 0 Å². The molecule has 11 aromatic rings. The number of fused-ring (bicyclic) bond motifs is 6. The molecule has 0 saturated heterocycles. The summed E-state index contributed by atoms with van der Waals surface area (Å²) < 4.78 is 13.0. The van der Waals surface area contributed by atoms with E-state index in [1.165, 1.54) is 11.1 Å². The van der Waals surface area contributed by atoms with E-state index < -0.39 is 6.17 Å². The van der Waals surface area contributed by atoms with E-state index in [0.29, 0.717) is 11.7 Å². The molecule has 0 radical (unpaired) electrons. The fourth-order valence-corrected chi connectivity index (χ4v) is 8.80. The molecule has 1 aliphatic rings. The summed E-state index contributed by atoms with van der Waals surface area (Å²) in [5.41, 5.74) is 15.0. The first-order valence-corrected chi connectivity index (χ1v) is 20.8. The standard InChI is InChI=1S/C57H36N3O2/c1-4-14-36(15-5-1)39-20-12-21-40(30-39)55-58-56(41-26-28-48-47-22-10-11-24-50(47)61-52(48)34-41)60-57(59-55)42-27-29-49-53(35-42)62-51-25-13-23-46(54(49)51)45-32-43(37-16-6-2-7-17-37)31-44(33-45)38-18-8-3-9-19-38/h1-35,55H/q-1. The van der Waals surface area contributed by atoms with Crippen LogP contribution in [0.2, 0.25) is 0 Å². The van der Waals surface area contributed by atoms with E-state index in [1.54, 1.807) is 0 Å². The van der Waals surface area contributed by atoms with Crippen LogP contribution in [0.1, 0.15) is 22.9 Å². The zero-order valence-corrected chi connectivity index (χ0v) is 33.4. The van der Waals surface area contributed by atoms with Gasteiger partial charge in [0.15, 0.2) is 0 Å². The first-order chi connectivity index (χ1) is 30.7. The van der Waals surface area contributed by atoms with E-state index in [0.717, 1.165) is 93.9 Å². The molecule has 1 unspecified atom stereocenters. The van der Waals surface area contributed by atoms with Gasteiger partial charge in [-0.15, -0.1) is 0 Å². The van der Waals surface area contributed by atoms with E-state index in [9.17, 15) is 0 Å². The third kappa shape index (κ3) is 6.35. The molecule has 5 heteroatoms. The number of para-hydroxylation sites is 1. The summed E-state index contributed by atoms with van der Waals surface area (Å²) in [6.07, 6.45) is -0.527. The topological polar surface area (TPSA) is 65.1 Å². The summed E-state index contributed by atoms with van der Waals surface area (Å²) in [5, 5.41) is 9.46. The number of rotatable bonds is 7. The normalized spacial score (nSPS) is 14.0. The Hall–Kier alpha value is -8.28. The minimum Gasteiger partial charge on any atom is -0.456 e. The highest BCUT2D eigenvalue weighted by molar-refractivity contribution is 6.21. The van der Waals surface area contributed by atoms with Gasteiger partial charge in [0, 0.05) is 21.5 Å². The van der Waals surface area contributed by atoms with Crippen molar-refractivity contribution < 1.29 is 8.83 Å². The maximum absolute atomic E-state index is 6.70. The maximum Gasteiger partial charge on any atom is 0.136 e. The second kappa shape index (κ2) is 14.8. The molecule has 0 fully saturated rings. The molecule has 1 atom stereocenters. The van der Waals surface area contributed by atoms with Gasteiger partial charge in [-0.3, -0.25) is 4.99 Å². The van der Waals surface area contributed by atoms with Crippen molar-refractivity contribution in [2.75, 3.05) is 0 Å². The fourth-order valence-electron chi connectivity index (χ4n) is 8.80. The molecule has 0 N–H and O–H groups in total. The molecule has 5 nitrogen and oxygen atoms in total. The number of aliphatic imine (C=N–C) groups is 2. The van der Waals surface area contributed by atoms with E-state index >= 15 is 0 Å². The molecule has 0 spiro atoms. The van der Waals surface area contributed by atoms with Crippen LogP contribution in [0, 0.1) is 0 Å². The first-order valence-electron chi connectivity index (χ1n) is 20.8. The van der Waals surface area contributed by atoms with Crippen LogP contribution in [-0.4, -0.2) is 11.7 Å². The number of nitrogens with zero attached hydrogens (tertiary/aromatic N) is 3. The van der Waals surface area contributed by atoms with E-state index in [4.69, 9.17) is 24.1 Å². The minimum atomic E-state index is -0.527. The molecule has 9 aromatic carbocycles. The molecule has 12 rings (SSSR count). The molecule has 0 saturated carbocycles. The summed E-state index contributed by atoms with van der Waals surface area (Å²) in [5.74, 6) is 1.17. The van der Waals surface area contributed by atoms with Gasteiger partial charge in [0.05, 0.1) is 12.0 Å². The second-order valence-electron chi connectivity index (χ2n) is 15.7. The van der Waals surface area contributed by atoms with Gasteiger partial charge in [0.2, 0.25) is 0 Å². The molecule has 0 aliphatic carbocycles. The number of hydrogen-bond donors (Lipinski definition) is 0. The van der Waals surface area contributed by atoms with Crippen molar-refractivity contribution in [3.8, 4) is 44.5 Å². The van der Waals surface area contributed by atoms with Crippen molar-refractivity contribution in [3.05, 3.63) is 234 Å². The number of benzene rings is 9. The van der Waals surface area contributed by atoms with Gasteiger partial charge in [-0.1, -0.05) is 157 Å². The third-order valence-corrected chi connectivity index (χ3v) is 11.8. The van der Waals surface area contributed by atoms with Gasteiger partial charge >= 0.3 is 0 Å². The van der Waals surface area contributed by atoms with Gasteiger partial charge in [0.25, 0.3) is 0 Å². The number of hydrogen-bond acceptors (Lipinski definition) is 4. The monoisotopic (exact) mass is 794 g/mol. The van der Waals surface area contributed by atoms with Crippen molar-refractivity contribution in [2.45, 2.75) is 6.17 Å². The maximum atomic E-state index is 6.70. The van der Waals surface area contributed by atoms with Crippen LogP contribution in [-0.2, 0) is 0 Å². The zero-order valence-electron chi connectivity index (χ0n) is 33.4. The second-order valence-corrected chi connectivity index (χ2v) is 15.7. The predicted molar refractivity (Wildman–Crippen MR) is 255 cm³/mol. The fraction of sp³-hybridized carbons (Fsp3) is 0.0175. The molecule has 0 amide bonds. The Kier molecular flexibility index (Phi) is 8.49. The molecular formula is C57H36N3O2-. The largest absolute Gasteiger partial charge is 0.456 e. The third-order valence-electron chi connectivity index (χ3n) is 11.8. The molecule has 1 aliphatic heterocycles. The van der Waals surface area contributed by atoms with Crippen molar-refractivity contribution in [1.82, 2.24) is 0 Å². The minimum absolute atomic E-state index is 0.527. The van der Waals surface area contributed by atoms with E-state index in [2.05, 4.69) is 182 Å². The van der Waals surface area contributed by atoms with Crippen LogP contribution in [0.3, 0.4) is 0 Å². The Morgan fingerprint density at radius 2 is 0.903 bits per heavy atom. The highest BCUT2D eigenvalue weighted by atomic mass is 16.3. The van der Waals surface area contributed by atoms with Crippen LogP contribution in [0.25, 0.3) is 93.7 Å². The Labute approximate surface area is 358 Å². The zero-order chi connectivity index (χ0) is 41.0. The average Bonchev–Trinajstić information content (AvgIpc) is 3.92. The Morgan fingerprint density at radius 1 is 0.355 bits per heavy atom. The average molecular weight is 795 g/mol. The lowest BCUT2D eigenvalue weighted by molar-refractivity contribution is 0.668. The quantitative estimate of drug-likeness (QED) is 0.161. The Balaban J connectivity index is 0.978. The Bertz CT molecular complexity index is 3490. The first kappa shape index (κ1) is 35.6. The molecule has 292 valence electrons. The molecular weight excluding hydrogens is 759 g/mol. The molecule has 3 heterocycles. The van der Waals surface area contributed by atoms with Gasteiger partial charge in [0.1, 0.15) is 22.3 Å². The van der Waals surface area contributed by atoms with Crippen molar-refractivity contribution in [2.24, 2.45) is 9.98 Å². The van der Waals surface area contributed by atoms with Gasteiger partial charge in [-0.05, 0) is 122 Å². The van der Waals surface area contributed by atoms with Crippen molar-refractivity contribution >= 4 is 55.5 Å². The van der Waals surface area contributed by atoms with Crippen LogP contribution in [0.5, 0.6) is 0 Å². The van der Waals surface area contributed by atoms with Gasteiger partial charge in [-0.2, -0.15) is 0 Å².